The molecule has 3 rings (SSSR count). The second-order valence-electron chi connectivity index (χ2n) is 5.26. The molecule has 1 aromatic heterocycles. The average molecular weight is 430 g/mol. The van der Waals surface area contributed by atoms with E-state index in [9.17, 15) is 19.8 Å². The van der Waals surface area contributed by atoms with Crippen molar-refractivity contribution in [1.29, 1.82) is 0 Å². The topological polar surface area (TPSA) is 105 Å². The normalized spacial score (nSPS) is 27.3. The van der Waals surface area contributed by atoms with E-state index in [1.54, 1.807) is 24.3 Å². The fourth-order valence-electron chi connectivity index (χ4n) is 2.58. The molecule has 1 aliphatic rings. The van der Waals surface area contributed by atoms with Crippen molar-refractivity contribution in [2.45, 2.75) is 22.4 Å². The Morgan fingerprint density at radius 2 is 1.96 bits per heavy atom. The summed E-state index contributed by atoms with van der Waals surface area (Å²) in [5, 5.41) is 19.6. The molecule has 122 valence electrons. The van der Waals surface area contributed by atoms with Gasteiger partial charge in [0.15, 0.2) is 6.23 Å². The van der Waals surface area contributed by atoms with Gasteiger partial charge in [0.2, 0.25) is 0 Å². The Bertz CT molecular complexity index is 804. The Hall–Kier alpha value is -1.49. The van der Waals surface area contributed by atoms with Crippen molar-refractivity contribution < 1.29 is 14.9 Å². The van der Waals surface area contributed by atoms with Crippen molar-refractivity contribution in [2.75, 3.05) is 6.61 Å². The molecule has 0 saturated carbocycles. The molecule has 2 heterocycles. The zero-order chi connectivity index (χ0) is 16.6. The standard InChI is InChI=1S/C15H15IN2O5/c16-11-10(7-19)23-14(12(11)20)18-6-9(13(21)17-15(18)22)8-4-2-1-3-5-8/h1-6,10-12,14,19-20H,7H2,(H,17,21,22)/t10-,11?,12?,14-/m0/s1. The summed E-state index contributed by atoms with van der Waals surface area (Å²) in [5.74, 6) is 0. The predicted octanol–water partition coefficient (Wildman–Crippen LogP) is 0.258. The van der Waals surface area contributed by atoms with Gasteiger partial charge in [-0.05, 0) is 5.56 Å². The number of alkyl halides is 1. The van der Waals surface area contributed by atoms with E-state index in [0.29, 0.717) is 11.1 Å². The molecule has 0 spiro atoms. The van der Waals surface area contributed by atoms with Crippen LogP contribution in [0.4, 0.5) is 0 Å². The van der Waals surface area contributed by atoms with Crippen LogP contribution in [0.1, 0.15) is 6.23 Å². The summed E-state index contributed by atoms with van der Waals surface area (Å²) in [6, 6.07) is 8.90. The molecule has 0 amide bonds. The number of hydrogen-bond acceptors (Lipinski definition) is 5. The number of halogens is 1. The van der Waals surface area contributed by atoms with Crippen LogP contribution in [0.5, 0.6) is 0 Å². The number of hydrogen-bond donors (Lipinski definition) is 3. The minimum absolute atomic E-state index is 0.259. The second kappa shape index (κ2) is 6.56. The molecule has 0 bridgehead atoms. The van der Waals surface area contributed by atoms with Crippen LogP contribution in [0, 0.1) is 0 Å². The van der Waals surface area contributed by atoms with E-state index in [0.717, 1.165) is 4.57 Å². The van der Waals surface area contributed by atoms with Gasteiger partial charge < -0.3 is 14.9 Å². The largest absolute Gasteiger partial charge is 0.394 e. The number of aliphatic hydroxyl groups is 2. The first-order valence-corrected chi connectivity index (χ1v) is 8.27. The third-order valence-corrected chi connectivity index (χ3v) is 5.33. The number of nitrogens with zero attached hydrogens (tertiary/aromatic N) is 1. The van der Waals surface area contributed by atoms with Gasteiger partial charge in [0.1, 0.15) is 6.10 Å². The van der Waals surface area contributed by atoms with Crippen LogP contribution >= 0.6 is 22.6 Å². The van der Waals surface area contributed by atoms with Crippen LogP contribution in [-0.2, 0) is 4.74 Å². The first-order chi connectivity index (χ1) is 11.0. The van der Waals surface area contributed by atoms with Crippen LogP contribution in [0.25, 0.3) is 11.1 Å². The number of aromatic nitrogens is 2. The molecule has 7 nitrogen and oxygen atoms in total. The fraction of sp³-hybridized carbons (Fsp3) is 0.333. The minimum atomic E-state index is -0.972. The Balaban J connectivity index is 2.08. The zero-order valence-corrected chi connectivity index (χ0v) is 14.1. The molecule has 0 aliphatic carbocycles. The summed E-state index contributed by atoms with van der Waals surface area (Å²) in [4.78, 5) is 26.4. The van der Waals surface area contributed by atoms with E-state index in [-0.39, 0.29) is 10.5 Å². The number of aromatic amines is 1. The molecule has 1 saturated heterocycles. The molecule has 0 radical (unpaired) electrons. The molecule has 8 heteroatoms. The fourth-order valence-corrected chi connectivity index (χ4v) is 3.34. The van der Waals surface area contributed by atoms with Crippen LogP contribution in [-0.4, -0.2) is 42.5 Å². The Morgan fingerprint density at radius 3 is 2.57 bits per heavy atom. The van der Waals surface area contributed by atoms with Crippen molar-refractivity contribution in [1.82, 2.24) is 9.55 Å². The van der Waals surface area contributed by atoms with Crippen LogP contribution in [0.3, 0.4) is 0 Å². The average Bonchev–Trinajstić information content (AvgIpc) is 2.84. The molecule has 3 N–H and O–H groups in total. The van der Waals surface area contributed by atoms with E-state index in [2.05, 4.69) is 4.98 Å². The molecular weight excluding hydrogens is 415 g/mol. The number of aliphatic hydroxyl groups excluding tert-OH is 2. The summed E-state index contributed by atoms with van der Waals surface area (Å²) in [6.07, 6.45) is -1.12. The smallest absolute Gasteiger partial charge is 0.330 e. The predicted molar refractivity (Wildman–Crippen MR) is 91.6 cm³/mol. The number of H-pyrrole nitrogens is 1. The molecule has 2 aromatic rings. The number of rotatable bonds is 3. The van der Waals surface area contributed by atoms with Gasteiger partial charge in [0.25, 0.3) is 5.56 Å². The maximum atomic E-state index is 12.1. The first kappa shape index (κ1) is 16.4. The SMILES string of the molecule is O=c1[nH]c(=O)n([C@H]2O[C@@H](CO)C(I)C2O)cc1-c1ccccc1. The number of nitrogens with one attached hydrogen (secondary N) is 1. The van der Waals surface area contributed by atoms with Gasteiger partial charge in [-0.2, -0.15) is 0 Å². The van der Waals surface area contributed by atoms with Crippen molar-refractivity contribution in [3.05, 3.63) is 57.4 Å². The number of benzene rings is 1. The van der Waals surface area contributed by atoms with Gasteiger partial charge in [-0.3, -0.25) is 14.3 Å². The van der Waals surface area contributed by atoms with Crippen molar-refractivity contribution in [3.8, 4) is 11.1 Å². The third-order valence-electron chi connectivity index (χ3n) is 3.79. The molecule has 2 unspecified atom stereocenters. The van der Waals surface area contributed by atoms with E-state index in [1.807, 2.05) is 28.7 Å². The monoisotopic (exact) mass is 430 g/mol. The molecule has 23 heavy (non-hydrogen) atoms. The Kier molecular flexibility index (Phi) is 4.67. The van der Waals surface area contributed by atoms with E-state index in [4.69, 9.17) is 4.74 Å². The van der Waals surface area contributed by atoms with Crippen molar-refractivity contribution >= 4 is 22.6 Å². The highest BCUT2D eigenvalue weighted by atomic mass is 127. The lowest BCUT2D eigenvalue weighted by atomic mass is 10.1. The zero-order valence-electron chi connectivity index (χ0n) is 11.9. The van der Waals surface area contributed by atoms with Crippen LogP contribution in [0.2, 0.25) is 0 Å². The summed E-state index contributed by atoms with van der Waals surface area (Å²) in [6.45, 7) is -0.259. The summed E-state index contributed by atoms with van der Waals surface area (Å²) >= 11 is 1.98. The van der Waals surface area contributed by atoms with Crippen LogP contribution < -0.4 is 11.2 Å². The number of ether oxygens (including phenoxy) is 1. The highest BCUT2D eigenvalue weighted by molar-refractivity contribution is 14.1. The highest BCUT2D eigenvalue weighted by Gasteiger charge is 2.43. The van der Waals surface area contributed by atoms with Gasteiger partial charge in [-0.15, -0.1) is 0 Å². The Morgan fingerprint density at radius 1 is 1.26 bits per heavy atom. The Labute approximate surface area is 144 Å². The van der Waals surface area contributed by atoms with Gasteiger partial charge in [-0.25, -0.2) is 4.79 Å². The minimum Gasteiger partial charge on any atom is -0.394 e. The first-order valence-electron chi connectivity index (χ1n) is 7.02. The molecule has 1 aromatic carbocycles. The van der Waals surface area contributed by atoms with Gasteiger partial charge in [0, 0.05) is 6.20 Å². The van der Waals surface area contributed by atoms with Gasteiger partial charge in [-0.1, -0.05) is 52.9 Å². The molecular formula is C15H15IN2O5. The quantitative estimate of drug-likeness (QED) is 0.479. The van der Waals surface area contributed by atoms with Crippen LogP contribution in [0.15, 0.2) is 46.1 Å². The summed E-state index contributed by atoms with van der Waals surface area (Å²) in [5.41, 5.74) is -0.214. The van der Waals surface area contributed by atoms with Gasteiger partial charge >= 0.3 is 5.69 Å². The maximum Gasteiger partial charge on any atom is 0.330 e. The third kappa shape index (κ3) is 2.99. The van der Waals surface area contributed by atoms with Crippen molar-refractivity contribution in [3.63, 3.8) is 0 Å². The lowest BCUT2D eigenvalue weighted by Crippen LogP contribution is -2.37. The lowest BCUT2D eigenvalue weighted by molar-refractivity contribution is -0.0529. The molecule has 4 atom stereocenters. The maximum absolute atomic E-state index is 12.1. The molecule has 1 fully saturated rings. The lowest BCUT2D eigenvalue weighted by Gasteiger charge is -2.18. The second-order valence-corrected chi connectivity index (χ2v) is 6.70. The van der Waals surface area contributed by atoms with E-state index < -0.39 is 29.7 Å². The van der Waals surface area contributed by atoms with Gasteiger partial charge in [0.05, 0.1) is 22.2 Å². The van der Waals surface area contributed by atoms with Crippen molar-refractivity contribution in [2.24, 2.45) is 0 Å². The molecule has 1 aliphatic heterocycles. The highest BCUT2D eigenvalue weighted by Crippen LogP contribution is 2.33. The van der Waals surface area contributed by atoms with E-state index in [1.165, 1.54) is 6.20 Å². The summed E-state index contributed by atoms with van der Waals surface area (Å²) < 4.78 is 6.37. The summed E-state index contributed by atoms with van der Waals surface area (Å²) in [7, 11) is 0. The van der Waals surface area contributed by atoms with E-state index >= 15 is 0 Å².